The van der Waals surface area contributed by atoms with Crippen molar-refractivity contribution in [2.75, 3.05) is 11.4 Å². The molecule has 0 saturated carbocycles. The van der Waals surface area contributed by atoms with Gasteiger partial charge < -0.3 is 5.32 Å². The molecule has 1 aliphatic rings. The van der Waals surface area contributed by atoms with Crippen molar-refractivity contribution >= 4 is 17.6 Å². The van der Waals surface area contributed by atoms with Crippen LogP contribution in [0.5, 0.6) is 0 Å². The van der Waals surface area contributed by atoms with Crippen LogP contribution >= 0.6 is 0 Å². The molecular weight excluding hydrogens is 364 g/mol. The number of para-hydroxylation sites is 1. The van der Waals surface area contributed by atoms with Gasteiger partial charge in [-0.2, -0.15) is 5.10 Å². The number of hydrogen-bond donors (Lipinski definition) is 1. The largest absolute Gasteiger partial charge is 0.344 e. The molecule has 0 saturated heterocycles. The summed E-state index contributed by atoms with van der Waals surface area (Å²) in [5, 5.41) is 7.69. The Labute approximate surface area is 170 Å². The minimum atomic E-state index is -0.672. The first-order valence-electron chi connectivity index (χ1n) is 9.81. The molecule has 2 heterocycles. The zero-order valence-electron chi connectivity index (χ0n) is 16.8. The van der Waals surface area contributed by atoms with E-state index in [1.54, 1.807) is 4.90 Å². The Kier molecular flexibility index (Phi) is 4.92. The molecule has 1 aromatic heterocycles. The van der Waals surface area contributed by atoms with Crippen LogP contribution in [-0.4, -0.2) is 34.2 Å². The molecule has 148 valence electrons. The minimum absolute atomic E-state index is 0.124. The monoisotopic (exact) mass is 388 g/mol. The molecule has 29 heavy (non-hydrogen) atoms. The average Bonchev–Trinajstić information content (AvgIpc) is 3.06. The molecule has 6 nitrogen and oxygen atoms in total. The van der Waals surface area contributed by atoms with Crippen LogP contribution in [0.3, 0.4) is 0 Å². The summed E-state index contributed by atoms with van der Waals surface area (Å²) in [4.78, 5) is 27.2. The van der Waals surface area contributed by atoms with E-state index in [2.05, 4.69) is 5.32 Å². The highest BCUT2D eigenvalue weighted by molar-refractivity contribution is 6.03. The van der Waals surface area contributed by atoms with Crippen LogP contribution < -0.4 is 10.2 Å². The zero-order valence-corrected chi connectivity index (χ0v) is 16.8. The van der Waals surface area contributed by atoms with E-state index >= 15 is 0 Å². The van der Waals surface area contributed by atoms with Crippen molar-refractivity contribution in [1.82, 2.24) is 15.1 Å². The van der Waals surface area contributed by atoms with Crippen LogP contribution in [0.2, 0.25) is 0 Å². The van der Waals surface area contributed by atoms with E-state index in [1.807, 2.05) is 79.2 Å². The van der Waals surface area contributed by atoms with E-state index in [0.29, 0.717) is 6.54 Å². The molecule has 0 unspecified atom stereocenters. The van der Waals surface area contributed by atoms with Gasteiger partial charge in [0.2, 0.25) is 5.91 Å². The van der Waals surface area contributed by atoms with E-state index in [0.717, 1.165) is 28.3 Å². The number of carbonyl (C=O) groups excluding carboxylic acids is 2. The highest BCUT2D eigenvalue weighted by Gasteiger charge is 2.45. The van der Waals surface area contributed by atoms with Crippen LogP contribution in [0.15, 0.2) is 60.7 Å². The first-order chi connectivity index (χ1) is 14.0. The third kappa shape index (κ3) is 3.20. The second-order valence-corrected chi connectivity index (χ2v) is 7.22. The number of aryl methyl sites for hydroxylation is 1. The number of rotatable bonds is 4. The first kappa shape index (κ1) is 18.9. The van der Waals surface area contributed by atoms with Crippen LogP contribution in [0, 0.1) is 6.92 Å². The van der Waals surface area contributed by atoms with Gasteiger partial charge in [-0.1, -0.05) is 48.5 Å². The van der Waals surface area contributed by atoms with Gasteiger partial charge in [0.25, 0.3) is 5.91 Å². The van der Waals surface area contributed by atoms with E-state index in [4.69, 9.17) is 5.10 Å². The van der Waals surface area contributed by atoms with Crippen LogP contribution in [-0.2, 0) is 9.59 Å². The lowest BCUT2D eigenvalue weighted by molar-refractivity contribution is -0.127. The fourth-order valence-corrected chi connectivity index (χ4v) is 4.17. The second kappa shape index (κ2) is 7.54. The lowest BCUT2D eigenvalue weighted by Crippen LogP contribution is -2.55. The van der Waals surface area contributed by atoms with Crippen molar-refractivity contribution in [2.24, 2.45) is 0 Å². The molecule has 0 radical (unpaired) electrons. The minimum Gasteiger partial charge on any atom is -0.344 e. The van der Waals surface area contributed by atoms with Gasteiger partial charge in [0, 0.05) is 24.9 Å². The highest BCUT2D eigenvalue weighted by Crippen LogP contribution is 2.43. The number of anilines is 1. The Morgan fingerprint density at radius 2 is 1.69 bits per heavy atom. The van der Waals surface area contributed by atoms with Gasteiger partial charge in [-0.3, -0.25) is 14.5 Å². The van der Waals surface area contributed by atoms with E-state index in [9.17, 15) is 9.59 Å². The summed E-state index contributed by atoms with van der Waals surface area (Å²) in [5.74, 6) is 0.123. The van der Waals surface area contributed by atoms with Crippen LogP contribution in [0.25, 0.3) is 5.69 Å². The van der Waals surface area contributed by atoms with Crippen molar-refractivity contribution in [3.8, 4) is 5.69 Å². The number of nitrogens with zero attached hydrogens (tertiary/aromatic N) is 3. The predicted octanol–water partition coefficient (Wildman–Crippen LogP) is 3.18. The van der Waals surface area contributed by atoms with Crippen molar-refractivity contribution in [1.29, 1.82) is 0 Å². The summed E-state index contributed by atoms with van der Waals surface area (Å²) in [5.41, 5.74) is 3.69. The first-order valence-corrected chi connectivity index (χ1v) is 9.81. The van der Waals surface area contributed by atoms with E-state index in [1.165, 1.54) is 6.92 Å². The molecule has 3 aromatic rings. The van der Waals surface area contributed by atoms with E-state index in [-0.39, 0.29) is 17.7 Å². The fourth-order valence-electron chi connectivity index (χ4n) is 4.17. The Bertz CT molecular complexity index is 1040. The summed E-state index contributed by atoms with van der Waals surface area (Å²) in [6, 6.07) is 19.0. The standard InChI is InChI=1S/C23H24N4O2/c1-4-26-22-19(15(2)25-27(22)18-13-9-6-10-14-18)20(17-11-7-5-8-12-17)21(23(26)29)24-16(3)28/h5-14,20-21H,4H2,1-3H3,(H,24,28)/t20-,21+/m1/s1. The summed E-state index contributed by atoms with van der Waals surface area (Å²) < 4.78 is 1.84. The molecule has 0 aliphatic carbocycles. The lowest BCUT2D eigenvalue weighted by Gasteiger charge is -2.38. The quantitative estimate of drug-likeness (QED) is 0.746. The summed E-state index contributed by atoms with van der Waals surface area (Å²) in [7, 11) is 0. The summed E-state index contributed by atoms with van der Waals surface area (Å²) >= 11 is 0. The fraction of sp³-hybridized carbons (Fsp3) is 0.261. The van der Waals surface area contributed by atoms with Gasteiger partial charge in [-0.05, 0) is 31.5 Å². The number of benzene rings is 2. The Balaban J connectivity index is 1.99. The van der Waals surface area contributed by atoms with Crippen molar-refractivity contribution in [3.63, 3.8) is 0 Å². The van der Waals surface area contributed by atoms with Crippen LogP contribution in [0.1, 0.15) is 36.6 Å². The van der Waals surface area contributed by atoms with Gasteiger partial charge in [-0.15, -0.1) is 0 Å². The smallest absolute Gasteiger partial charge is 0.251 e. The molecule has 1 N–H and O–H groups in total. The van der Waals surface area contributed by atoms with Gasteiger partial charge in [0.15, 0.2) is 0 Å². The second-order valence-electron chi connectivity index (χ2n) is 7.22. The van der Waals surface area contributed by atoms with Crippen LogP contribution in [0.4, 0.5) is 5.82 Å². The van der Waals surface area contributed by atoms with Crippen molar-refractivity contribution < 1.29 is 9.59 Å². The Hall–Kier alpha value is -3.41. The van der Waals surface area contributed by atoms with E-state index < -0.39 is 6.04 Å². The topological polar surface area (TPSA) is 67.2 Å². The van der Waals surface area contributed by atoms with Gasteiger partial charge >= 0.3 is 0 Å². The van der Waals surface area contributed by atoms with Gasteiger partial charge in [-0.25, -0.2) is 4.68 Å². The summed E-state index contributed by atoms with van der Waals surface area (Å²) in [6.07, 6.45) is 0. The molecule has 0 spiro atoms. The number of likely N-dealkylation sites (N-methyl/N-ethyl adjacent to an activating group) is 1. The summed E-state index contributed by atoms with van der Waals surface area (Å²) in [6.45, 7) is 5.83. The molecule has 4 rings (SSSR count). The maximum atomic E-state index is 13.5. The number of aromatic nitrogens is 2. The predicted molar refractivity (Wildman–Crippen MR) is 112 cm³/mol. The molecule has 2 atom stereocenters. The third-order valence-electron chi connectivity index (χ3n) is 5.35. The maximum absolute atomic E-state index is 13.5. The van der Waals surface area contributed by atoms with Gasteiger partial charge in [0.05, 0.1) is 11.4 Å². The molecule has 1 aliphatic heterocycles. The normalized spacial score (nSPS) is 18.4. The number of nitrogens with one attached hydrogen (secondary N) is 1. The zero-order chi connectivity index (χ0) is 20.5. The third-order valence-corrected chi connectivity index (χ3v) is 5.35. The number of fused-ring (bicyclic) bond motifs is 1. The molecular formula is C23H24N4O2. The Morgan fingerprint density at radius 1 is 1.07 bits per heavy atom. The van der Waals surface area contributed by atoms with Crippen molar-refractivity contribution in [2.45, 2.75) is 32.7 Å². The molecule has 6 heteroatoms. The maximum Gasteiger partial charge on any atom is 0.251 e. The lowest BCUT2D eigenvalue weighted by atomic mass is 9.81. The molecule has 0 bridgehead atoms. The SMILES string of the molecule is CCN1C(=O)[C@@H](NC(C)=O)[C@H](c2ccccc2)c2c(C)nn(-c3ccccc3)c21. The van der Waals surface area contributed by atoms with Crippen molar-refractivity contribution in [3.05, 3.63) is 77.5 Å². The van der Waals surface area contributed by atoms with Gasteiger partial charge in [0.1, 0.15) is 11.9 Å². The highest BCUT2D eigenvalue weighted by atomic mass is 16.2. The molecule has 0 fully saturated rings. The average molecular weight is 388 g/mol. The number of amides is 2. The number of hydrogen-bond acceptors (Lipinski definition) is 3. The molecule has 2 aromatic carbocycles. The number of carbonyl (C=O) groups is 2. The Morgan fingerprint density at radius 3 is 2.28 bits per heavy atom. The molecule has 2 amide bonds.